The summed E-state index contributed by atoms with van der Waals surface area (Å²) in [6.45, 7) is 2.28. The van der Waals surface area contributed by atoms with Gasteiger partial charge >= 0.3 is 0 Å². The maximum absolute atomic E-state index is 11.4. The molecule has 0 fully saturated rings. The van der Waals surface area contributed by atoms with Crippen LogP contribution in [-0.2, 0) is 16.1 Å². The van der Waals surface area contributed by atoms with Gasteiger partial charge in [0, 0.05) is 12.4 Å². The van der Waals surface area contributed by atoms with Gasteiger partial charge in [-0.2, -0.15) is 5.10 Å². The molecule has 0 aliphatic carbocycles. The van der Waals surface area contributed by atoms with E-state index >= 15 is 0 Å². The first-order valence-electron chi connectivity index (χ1n) is 5.79. The van der Waals surface area contributed by atoms with Crippen LogP contribution in [-0.4, -0.2) is 22.3 Å². The lowest BCUT2D eigenvalue weighted by molar-refractivity contribution is -0.132. The third-order valence-corrected chi connectivity index (χ3v) is 2.40. The predicted molar refractivity (Wildman–Crippen MR) is 67.0 cm³/mol. The molecular weight excluding hydrogens is 230 g/mol. The van der Waals surface area contributed by atoms with Crippen LogP contribution < -0.4 is 5.48 Å². The molecule has 18 heavy (non-hydrogen) atoms. The molecule has 1 aromatic heterocycles. The summed E-state index contributed by atoms with van der Waals surface area (Å²) in [6.07, 6.45) is 3.90. The molecule has 0 aliphatic heterocycles. The van der Waals surface area contributed by atoms with Crippen LogP contribution in [0.3, 0.4) is 0 Å². The Kier molecular flexibility index (Phi) is 4.09. The Morgan fingerprint density at radius 2 is 2.17 bits per heavy atom. The van der Waals surface area contributed by atoms with E-state index in [2.05, 4.69) is 10.6 Å². The number of amides is 1. The van der Waals surface area contributed by atoms with E-state index in [1.165, 1.54) is 0 Å². The van der Waals surface area contributed by atoms with Crippen LogP contribution in [0.1, 0.15) is 12.5 Å². The first-order chi connectivity index (χ1) is 8.79. The lowest BCUT2D eigenvalue weighted by Crippen LogP contribution is -2.25. The number of nitrogens with one attached hydrogen (secondary N) is 1. The van der Waals surface area contributed by atoms with Gasteiger partial charge in [0.2, 0.25) is 5.91 Å². The molecule has 0 saturated carbocycles. The summed E-state index contributed by atoms with van der Waals surface area (Å²) in [5.74, 6) is -0.149. The first-order valence-corrected chi connectivity index (χ1v) is 5.79. The molecule has 0 unspecified atom stereocenters. The second-order valence-electron chi connectivity index (χ2n) is 3.75. The summed E-state index contributed by atoms with van der Waals surface area (Å²) >= 11 is 0. The summed E-state index contributed by atoms with van der Waals surface area (Å²) < 4.78 is 1.77. The highest BCUT2D eigenvalue weighted by molar-refractivity contribution is 5.77. The highest BCUT2D eigenvalue weighted by Crippen LogP contribution is 2.09. The minimum Gasteiger partial charge on any atom is -0.274 e. The first kappa shape index (κ1) is 12.3. The molecule has 5 heteroatoms. The maximum atomic E-state index is 11.4. The van der Waals surface area contributed by atoms with E-state index in [1.807, 2.05) is 43.5 Å². The molecule has 1 heterocycles. The largest absolute Gasteiger partial charge is 0.274 e. The monoisotopic (exact) mass is 245 g/mol. The Balaban J connectivity index is 1.98. The predicted octanol–water partition coefficient (Wildman–Crippen LogP) is 1.48. The molecule has 2 aromatic rings. The van der Waals surface area contributed by atoms with Crippen molar-refractivity contribution in [2.45, 2.75) is 13.3 Å². The molecular formula is C13H15N3O2. The van der Waals surface area contributed by atoms with Crippen molar-refractivity contribution in [2.24, 2.45) is 0 Å². The number of hydrogen-bond acceptors (Lipinski definition) is 3. The van der Waals surface area contributed by atoms with Crippen LogP contribution >= 0.6 is 0 Å². The van der Waals surface area contributed by atoms with Gasteiger partial charge in [-0.3, -0.25) is 9.63 Å². The van der Waals surface area contributed by atoms with Gasteiger partial charge in [0.05, 0.1) is 18.7 Å². The average molecular weight is 245 g/mol. The number of hydroxylamine groups is 1. The molecule has 0 spiro atoms. The molecule has 5 nitrogen and oxygen atoms in total. The lowest BCUT2D eigenvalue weighted by Gasteiger charge is -2.05. The number of aromatic nitrogens is 2. The third-order valence-electron chi connectivity index (χ3n) is 2.40. The molecule has 1 aromatic carbocycles. The topological polar surface area (TPSA) is 56.1 Å². The van der Waals surface area contributed by atoms with Crippen molar-refractivity contribution in [3.8, 4) is 5.69 Å². The Morgan fingerprint density at radius 3 is 2.78 bits per heavy atom. The average Bonchev–Trinajstić information content (AvgIpc) is 2.91. The Bertz CT molecular complexity index is 491. The summed E-state index contributed by atoms with van der Waals surface area (Å²) in [5, 5.41) is 4.13. The van der Waals surface area contributed by atoms with Crippen molar-refractivity contribution in [2.75, 3.05) is 6.61 Å². The van der Waals surface area contributed by atoms with Crippen molar-refractivity contribution in [1.29, 1.82) is 0 Å². The van der Waals surface area contributed by atoms with E-state index in [0.717, 1.165) is 11.3 Å². The molecule has 2 rings (SSSR count). The smallest absolute Gasteiger partial charge is 0.247 e. The summed E-state index contributed by atoms with van der Waals surface area (Å²) in [4.78, 5) is 16.3. The van der Waals surface area contributed by atoms with Crippen LogP contribution in [0.25, 0.3) is 5.69 Å². The molecule has 0 atom stereocenters. The van der Waals surface area contributed by atoms with E-state index in [-0.39, 0.29) is 5.91 Å². The zero-order chi connectivity index (χ0) is 12.8. The zero-order valence-corrected chi connectivity index (χ0v) is 10.2. The van der Waals surface area contributed by atoms with Crippen molar-refractivity contribution in [1.82, 2.24) is 15.3 Å². The number of rotatable bonds is 5. The highest BCUT2D eigenvalue weighted by atomic mass is 16.6. The number of nitrogens with zero attached hydrogens (tertiary/aromatic N) is 2. The second-order valence-corrected chi connectivity index (χ2v) is 3.75. The van der Waals surface area contributed by atoms with E-state index in [1.54, 1.807) is 10.9 Å². The van der Waals surface area contributed by atoms with Gasteiger partial charge in [0.15, 0.2) is 0 Å². The Morgan fingerprint density at radius 1 is 1.39 bits per heavy atom. The lowest BCUT2D eigenvalue weighted by atomic mass is 10.1. The Hall–Kier alpha value is -2.14. The van der Waals surface area contributed by atoms with Crippen LogP contribution in [0.4, 0.5) is 0 Å². The number of benzene rings is 1. The van der Waals surface area contributed by atoms with E-state index in [0.29, 0.717) is 13.0 Å². The molecule has 1 amide bonds. The SMILES string of the molecule is CCONC(=O)Cc1ccc(-n2cccn2)cc1. The van der Waals surface area contributed by atoms with Gasteiger partial charge in [0.25, 0.3) is 0 Å². The summed E-state index contributed by atoms with van der Waals surface area (Å²) in [6, 6.07) is 9.53. The van der Waals surface area contributed by atoms with Crippen LogP contribution in [0, 0.1) is 0 Å². The fourth-order valence-corrected chi connectivity index (χ4v) is 1.56. The van der Waals surface area contributed by atoms with E-state index < -0.39 is 0 Å². The minimum atomic E-state index is -0.149. The fraction of sp³-hybridized carbons (Fsp3) is 0.231. The van der Waals surface area contributed by atoms with Gasteiger partial charge < -0.3 is 0 Å². The minimum absolute atomic E-state index is 0.149. The summed E-state index contributed by atoms with van der Waals surface area (Å²) in [7, 11) is 0. The van der Waals surface area contributed by atoms with Gasteiger partial charge in [0.1, 0.15) is 0 Å². The molecule has 0 aliphatic rings. The van der Waals surface area contributed by atoms with Crippen LogP contribution in [0.5, 0.6) is 0 Å². The van der Waals surface area contributed by atoms with E-state index in [9.17, 15) is 4.79 Å². The fourth-order valence-electron chi connectivity index (χ4n) is 1.56. The highest BCUT2D eigenvalue weighted by Gasteiger charge is 2.03. The quantitative estimate of drug-likeness (QED) is 0.812. The molecule has 1 N–H and O–H groups in total. The van der Waals surface area contributed by atoms with Crippen LogP contribution in [0.2, 0.25) is 0 Å². The third kappa shape index (κ3) is 3.18. The van der Waals surface area contributed by atoms with Crippen molar-refractivity contribution < 1.29 is 9.63 Å². The zero-order valence-electron chi connectivity index (χ0n) is 10.2. The van der Waals surface area contributed by atoms with Crippen molar-refractivity contribution in [3.05, 3.63) is 48.3 Å². The van der Waals surface area contributed by atoms with E-state index in [4.69, 9.17) is 4.84 Å². The van der Waals surface area contributed by atoms with Crippen molar-refractivity contribution in [3.63, 3.8) is 0 Å². The second kappa shape index (κ2) is 5.97. The molecule has 94 valence electrons. The number of carbonyl (C=O) groups is 1. The molecule has 0 radical (unpaired) electrons. The van der Waals surface area contributed by atoms with Gasteiger partial charge in [-0.25, -0.2) is 10.2 Å². The van der Waals surface area contributed by atoms with Gasteiger partial charge in [-0.1, -0.05) is 12.1 Å². The van der Waals surface area contributed by atoms with Gasteiger partial charge in [-0.15, -0.1) is 0 Å². The molecule has 0 saturated heterocycles. The molecule has 0 bridgehead atoms. The number of carbonyl (C=O) groups excluding carboxylic acids is 1. The van der Waals surface area contributed by atoms with Gasteiger partial charge in [-0.05, 0) is 30.7 Å². The standard InChI is InChI=1S/C13H15N3O2/c1-2-18-15-13(17)10-11-4-6-12(7-5-11)16-9-3-8-14-16/h3-9H,2,10H2,1H3,(H,15,17). The number of hydrogen-bond donors (Lipinski definition) is 1. The maximum Gasteiger partial charge on any atom is 0.247 e. The van der Waals surface area contributed by atoms with Crippen molar-refractivity contribution >= 4 is 5.91 Å². The van der Waals surface area contributed by atoms with Crippen LogP contribution in [0.15, 0.2) is 42.7 Å². The normalized spacial score (nSPS) is 10.3. The summed E-state index contributed by atoms with van der Waals surface area (Å²) in [5.41, 5.74) is 4.27. The Labute approximate surface area is 105 Å².